The molecule has 0 aromatic heterocycles. The molecule has 0 bridgehead atoms. The molecule has 0 N–H and O–H groups in total. The number of hydrogen-bond donors (Lipinski definition) is 0. The Labute approximate surface area is 193 Å². The van der Waals surface area contributed by atoms with Gasteiger partial charge in [-0.1, -0.05) is 69.9 Å². The first-order chi connectivity index (χ1) is 15.4. The lowest BCUT2D eigenvalue weighted by molar-refractivity contribution is 0.0999. The van der Waals surface area contributed by atoms with Crippen molar-refractivity contribution in [2.45, 2.75) is 59.5 Å². The van der Waals surface area contributed by atoms with Crippen molar-refractivity contribution in [2.75, 3.05) is 4.90 Å². The highest BCUT2D eigenvalue weighted by atomic mass is 28.3. The Kier molecular flexibility index (Phi) is 6.36. The molecule has 3 nitrogen and oxygen atoms in total. The number of anilines is 2. The maximum Gasteiger partial charge on any atom is 0.262 e. The van der Waals surface area contributed by atoms with Gasteiger partial charge in [0.15, 0.2) is 0 Å². The number of hydrogen-bond acceptors (Lipinski definition) is 2. The highest BCUT2D eigenvalue weighted by Gasteiger charge is 2.36. The lowest BCUT2D eigenvalue weighted by atomic mass is 9.92. The molecule has 4 rings (SSSR count). The largest absolute Gasteiger partial charge is 0.372 e. The molecule has 1 amide bonds. The zero-order chi connectivity index (χ0) is 22.9. The Balaban J connectivity index is 2.10. The van der Waals surface area contributed by atoms with Gasteiger partial charge < -0.3 is 4.74 Å². The number of carbonyl (C=O) groups is 1. The number of fused-ring (bicyclic) bond motifs is 1. The van der Waals surface area contributed by atoms with Crippen LogP contribution in [-0.2, 0) is 30.8 Å². The summed E-state index contributed by atoms with van der Waals surface area (Å²) in [7, 11) is -1.83. The van der Waals surface area contributed by atoms with Gasteiger partial charge >= 0.3 is 0 Å². The maximum absolute atomic E-state index is 14.1. The van der Waals surface area contributed by atoms with Crippen molar-refractivity contribution in [3.63, 3.8) is 0 Å². The Morgan fingerprint density at radius 2 is 1.38 bits per heavy atom. The van der Waals surface area contributed by atoms with E-state index < -0.39 is 8.07 Å². The van der Waals surface area contributed by atoms with Crippen LogP contribution in [0.4, 0.5) is 11.4 Å². The normalized spacial score (nSPS) is 13.2. The molecule has 0 spiro atoms. The molecule has 1 heterocycles. The van der Waals surface area contributed by atoms with E-state index in [1.807, 2.05) is 65.6 Å². The van der Waals surface area contributed by atoms with Gasteiger partial charge in [-0.05, 0) is 64.5 Å². The van der Waals surface area contributed by atoms with Crippen LogP contribution in [0.25, 0.3) is 0 Å². The van der Waals surface area contributed by atoms with Crippen molar-refractivity contribution in [3.05, 3.63) is 88.5 Å². The minimum atomic E-state index is -1.83. The smallest absolute Gasteiger partial charge is 0.262 e. The SMILES string of the molecule is CCc1c2c(c(CC)c([Si](C)(C)C)c1N(C(=O)c1ccccc1)c1ccccc1)COC2. The number of benzene rings is 3. The average molecular weight is 444 g/mol. The van der Waals surface area contributed by atoms with Crippen molar-refractivity contribution in [1.29, 1.82) is 0 Å². The van der Waals surface area contributed by atoms with Crippen LogP contribution in [0.1, 0.15) is 46.5 Å². The molecule has 0 unspecified atom stereocenters. The Hall–Kier alpha value is -2.69. The van der Waals surface area contributed by atoms with E-state index in [0.717, 1.165) is 24.2 Å². The van der Waals surface area contributed by atoms with Gasteiger partial charge in [-0.25, -0.2) is 0 Å². The van der Waals surface area contributed by atoms with Crippen LogP contribution < -0.4 is 10.1 Å². The van der Waals surface area contributed by atoms with E-state index in [1.165, 1.54) is 27.4 Å². The summed E-state index contributed by atoms with van der Waals surface area (Å²) in [6.07, 6.45) is 1.82. The third kappa shape index (κ3) is 3.93. The van der Waals surface area contributed by atoms with Crippen molar-refractivity contribution >= 4 is 30.5 Å². The monoisotopic (exact) mass is 443 g/mol. The number of ether oxygens (including phenoxy) is 1. The van der Waals surface area contributed by atoms with Crippen LogP contribution in [0.5, 0.6) is 0 Å². The number of amides is 1. The van der Waals surface area contributed by atoms with E-state index in [0.29, 0.717) is 18.8 Å². The zero-order valence-electron chi connectivity index (χ0n) is 19.9. The molecule has 0 aliphatic carbocycles. The molecule has 3 aromatic rings. The number of carbonyl (C=O) groups excluding carboxylic acids is 1. The minimum Gasteiger partial charge on any atom is -0.372 e. The lowest BCUT2D eigenvalue weighted by Crippen LogP contribution is -2.46. The van der Waals surface area contributed by atoms with Gasteiger partial charge in [0.2, 0.25) is 0 Å². The van der Waals surface area contributed by atoms with Crippen molar-refractivity contribution in [1.82, 2.24) is 0 Å². The van der Waals surface area contributed by atoms with Crippen molar-refractivity contribution < 1.29 is 9.53 Å². The van der Waals surface area contributed by atoms with E-state index in [9.17, 15) is 4.79 Å². The molecule has 3 aromatic carbocycles. The van der Waals surface area contributed by atoms with E-state index >= 15 is 0 Å². The third-order valence-corrected chi connectivity index (χ3v) is 8.37. The van der Waals surface area contributed by atoms with Gasteiger partial charge in [0, 0.05) is 11.3 Å². The first-order valence-electron chi connectivity index (χ1n) is 11.6. The summed E-state index contributed by atoms with van der Waals surface area (Å²) in [5.74, 6) is 0.0203. The summed E-state index contributed by atoms with van der Waals surface area (Å²) in [5.41, 5.74) is 8.04. The minimum absolute atomic E-state index is 0.0203. The molecule has 1 aliphatic rings. The summed E-state index contributed by atoms with van der Waals surface area (Å²) >= 11 is 0. The molecular weight excluding hydrogens is 410 g/mol. The van der Waals surface area contributed by atoms with E-state index in [4.69, 9.17) is 4.74 Å². The van der Waals surface area contributed by atoms with E-state index in [1.54, 1.807) is 0 Å². The van der Waals surface area contributed by atoms with Gasteiger partial charge in [0.05, 0.1) is 27.0 Å². The molecule has 32 heavy (non-hydrogen) atoms. The van der Waals surface area contributed by atoms with Gasteiger partial charge in [-0.3, -0.25) is 9.69 Å². The third-order valence-electron chi connectivity index (χ3n) is 6.33. The lowest BCUT2D eigenvalue weighted by Gasteiger charge is -2.35. The summed E-state index contributed by atoms with van der Waals surface area (Å²) in [5, 5.41) is 1.40. The topological polar surface area (TPSA) is 29.5 Å². The summed E-state index contributed by atoms with van der Waals surface area (Å²) in [6.45, 7) is 12.9. The summed E-state index contributed by atoms with van der Waals surface area (Å²) < 4.78 is 5.97. The first-order valence-corrected chi connectivity index (χ1v) is 15.1. The Morgan fingerprint density at radius 3 is 1.91 bits per heavy atom. The predicted octanol–water partition coefficient (Wildman–Crippen LogP) is 6.37. The fourth-order valence-corrected chi connectivity index (χ4v) is 7.22. The second kappa shape index (κ2) is 9.05. The summed E-state index contributed by atoms with van der Waals surface area (Å²) in [6, 6.07) is 19.8. The van der Waals surface area contributed by atoms with Gasteiger partial charge in [0.25, 0.3) is 5.91 Å². The molecule has 166 valence electrons. The standard InChI is InChI=1S/C28H33NO2Si/c1-6-22-24-18-31-19-25(24)23(7-2)27(32(3,4)5)26(22)29(21-16-12-9-13-17-21)28(30)20-14-10-8-11-15-20/h8-17H,6-7,18-19H2,1-5H3. The molecule has 0 saturated carbocycles. The predicted molar refractivity (Wildman–Crippen MR) is 136 cm³/mol. The average Bonchev–Trinajstić information content (AvgIpc) is 3.28. The zero-order valence-corrected chi connectivity index (χ0v) is 20.9. The number of rotatable bonds is 6. The van der Waals surface area contributed by atoms with Crippen LogP contribution in [0.3, 0.4) is 0 Å². The number of para-hydroxylation sites is 1. The van der Waals surface area contributed by atoms with Crippen LogP contribution in [0.2, 0.25) is 19.6 Å². The quantitative estimate of drug-likeness (QED) is 0.415. The fourth-order valence-electron chi connectivity index (χ4n) is 5.02. The molecule has 0 radical (unpaired) electrons. The fraction of sp³-hybridized carbons (Fsp3) is 0.321. The van der Waals surface area contributed by atoms with Crippen LogP contribution in [0, 0.1) is 0 Å². The van der Waals surface area contributed by atoms with E-state index in [-0.39, 0.29) is 5.91 Å². The van der Waals surface area contributed by atoms with Gasteiger partial charge in [-0.2, -0.15) is 0 Å². The molecular formula is C28H33NO2Si. The van der Waals surface area contributed by atoms with Gasteiger partial charge in [0.1, 0.15) is 0 Å². The van der Waals surface area contributed by atoms with Gasteiger partial charge in [-0.15, -0.1) is 0 Å². The summed E-state index contributed by atoms with van der Waals surface area (Å²) in [4.78, 5) is 16.1. The van der Waals surface area contributed by atoms with Crippen LogP contribution in [0.15, 0.2) is 60.7 Å². The molecule has 4 heteroatoms. The Morgan fingerprint density at radius 1 is 0.844 bits per heavy atom. The number of nitrogens with zero attached hydrogens (tertiary/aromatic N) is 1. The first kappa shape index (κ1) is 22.5. The van der Waals surface area contributed by atoms with Crippen molar-refractivity contribution in [3.8, 4) is 0 Å². The van der Waals surface area contributed by atoms with E-state index in [2.05, 4.69) is 33.5 Å². The molecule has 1 aliphatic heterocycles. The highest BCUT2D eigenvalue weighted by Crippen LogP contribution is 2.39. The molecule has 0 atom stereocenters. The second-order valence-corrected chi connectivity index (χ2v) is 14.4. The second-order valence-electron chi connectivity index (χ2n) is 9.43. The highest BCUT2D eigenvalue weighted by molar-refractivity contribution is 6.90. The molecule has 0 fully saturated rings. The van der Waals surface area contributed by atoms with Crippen LogP contribution >= 0.6 is 0 Å². The molecule has 0 saturated heterocycles. The maximum atomic E-state index is 14.1. The van der Waals surface area contributed by atoms with Crippen LogP contribution in [-0.4, -0.2) is 14.0 Å². The van der Waals surface area contributed by atoms with Crippen molar-refractivity contribution in [2.24, 2.45) is 0 Å². The Bertz CT molecular complexity index is 1120.